The molecular formula is C25H26N2O3S2. The van der Waals surface area contributed by atoms with Crippen LogP contribution in [0.3, 0.4) is 0 Å². The van der Waals surface area contributed by atoms with Crippen LogP contribution in [-0.4, -0.2) is 41.9 Å². The van der Waals surface area contributed by atoms with Crippen LogP contribution >= 0.6 is 11.8 Å². The summed E-state index contributed by atoms with van der Waals surface area (Å²) in [6, 6.07) is 23.5. The SMILES string of the molecule is CCCCS(=O)(=O)C[C@H](O)CSc1nc(-c2ccccc2)cc(-c2ccccc2)c1C#N. The van der Waals surface area contributed by atoms with Crippen molar-refractivity contribution in [1.29, 1.82) is 5.26 Å². The smallest absolute Gasteiger partial charge is 0.152 e. The molecule has 2 aromatic carbocycles. The number of thioether (sulfide) groups is 1. The third-order valence-electron chi connectivity index (χ3n) is 4.92. The molecular weight excluding hydrogens is 440 g/mol. The Morgan fingerprint density at radius 3 is 2.28 bits per heavy atom. The number of unbranched alkanes of at least 4 members (excludes halogenated alkanes) is 1. The van der Waals surface area contributed by atoms with Gasteiger partial charge in [-0.15, -0.1) is 11.8 Å². The average Bonchev–Trinajstić information content (AvgIpc) is 2.81. The van der Waals surface area contributed by atoms with Crippen LogP contribution in [0.4, 0.5) is 0 Å². The van der Waals surface area contributed by atoms with Crippen LogP contribution in [0.15, 0.2) is 71.8 Å². The van der Waals surface area contributed by atoms with Crippen molar-refractivity contribution in [2.75, 3.05) is 17.3 Å². The molecule has 0 aliphatic rings. The predicted octanol–water partition coefficient (Wildman–Crippen LogP) is 4.96. The molecule has 0 saturated heterocycles. The molecule has 7 heteroatoms. The summed E-state index contributed by atoms with van der Waals surface area (Å²) in [7, 11) is -3.31. The lowest BCUT2D eigenvalue weighted by atomic mass is 9.99. The number of pyridine rings is 1. The summed E-state index contributed by atoms with van der Waals surface area (Å²) in [6.07, 6.45) is 0.339. The van der Waals surface area contributed by atoms with E-state index >= 15 is 0 Å². The first-order chi connectivity index (χ1) is 15.4. The topological polar surface area (TPSA) is 91.1 Å². The minimum atomic E-state index is -3.31. The van der Waals surface area contributed by atoms with Gasteiger partial charge in [0.25, 0.3) is 0 Å². The second kappa shape index (κ2) is 11.3. The molecule has 0 fully saturated rings. The Labute approximate surface area is 194 Å². The van der Waals surface area contributed by atoms with Crippen LogP contribution in [0.2, 0.25) is 0 Å². The molecule has 0 bridgehead atoms. The second-order valence-corrected chi connectivity index (χ2v) is 10.7. The summed E-state index contributed by atoms with van der Waals surface area (Å²) < 4.78 is 24.4. The first kappa shape index (κ1) is 24.0. The summed E-state index contributed by atoms with van der Waals surface area (Å²) >= 11 is 1.21. The normalized spacial score (nSPS) is 12.3. The Bertz CT molecular complexity index is 1180. The maximum absolute atomic E-state index is 12.2. The largest absolute Gasteiger partial charge is 0.391 e. The summed E-state index contributed by atoms with van der Waals surface area (Å²) in [6.45, 7) is 1.93. The lowest BCUT2D eigenvalue weighted by Gasteiger charge is -2.14. The highest BCUT2D eigenvalue weighted by Crippen LogP contribution is 2.34. The average molecular weight is 467 g/mol. The van der Waals surface area contributed by atoms with E-state index in [0.29, 0.717) is 17.0 Å². The highest BCUT2D eigenvalue weighted by atomic mass is 32.2. The van der Waals surface area contributed by atoms with E-state index in [2.05, 4.69) is 6.07 Å². The van der Waals surface area contributed by atoms with Crippen LogP contribution in [0, 0.1) is 11.3 Å². The number of hydrogen-bond acceptors (Lipinski definition) is 6. The zero-order valence-corrected chi connectivity index (χ0v) is 19.6. The monoisotopic (exact) mass is 466 g/mol. The van der Waals surface area contributed by atoms with Gasteiger partial charge in [0, 0.05) is 16.9 Å². The van der Waals surface area contributed by atoms with Crippen LogP contribution in [0.5, 0.6) is 0 Å². The van der Waals surface area contributed by atoms with Gasteiger partial charge < -0.3 is 5.11 Å². The van der Waals surface area contributed by atoms with E-state index < -0.39 is 15.9 Å². The molecule has 0 spiro atoms. The molecule has 0 radical (unpaired) electrons. The number of aromatic nitrogens is 1. The van der Waals surface area contributed by atoms with Gasteiger partial charge in [-0.3, -0.25) is 0 Å². The minimum absolute atomic E-state index is 0.0779. The van der Waals surface area contributed by atoms with Gasteiger partial charge in [-0.1, -0.05) is 74.0 Å². The number of hydrogen-bond donors (Lipinski definition) is 1. The number of aliphatic hydroxyl groups excluding tert-OH is 1. The highest BCUT2D eigenvalue weighted by Gasteiger charge is 2.20. The maximum atomic E-state index is 12.2. The first-order valence-electron chi connectivity index (χ1n) is 10.5. The van der Waals surface area contributed by atoms with E-state index in [1.54, 1.807) is 0 Å². The molecule has 0 unspecified atom stereocenters. The van der Waals surface area contributed by atoms with Crippen molar-refractivity contribution in [2.45, 2.75) is 30.9 Å². The van der Waals surface area contributed by atoms with E-state index in [1.165, 1.54) is 11.8 Å². The van der Waals surface area contributed by atoms with E-state index in [4.69, 9.17) is 4.98 Å². The molecule has 1 aromatic heterocycles. The summed E-state index contributed by atoms with van der Waals surface area (Å²) in [5.74, 6) is -0.0696. The molecule has 32 heavy (non-hydrogen) atoms. The predicted molar refractivity (Wildman–Crippen MR) is 130 cm³/mol. The molecule has 166 valence electrons. The fourth-order valence-corrected chi connectivity index (χ4v) is 5.98. The van der Waals surface area contributed by atoms with Gasteiger partial charge in [0.1, 0.15) is 11.1 Å². The van der Waals surface area contributed by atoms with Crippen LogP contribution in [0.25, 0.3) is 22.4 Å². The van der Waals surface area contributed by atoms with E-state index in [1.807, 2.05) is 73.7 Å². The van der Waals surface area contributed by atoms with Crippen molar-refractivity contribution in [1.82, 2.24) is 4.98 Å². The minimum Gasteiger partial charge on any atom is -0.391 e. The van der Waals surface area contributed by atoms with Gasteiger partial charge >= 0.3 is 0 Å². The van der Waals surface area contributed by atoms with Crippen molar-refractivity contribution in [2.24, 2.45) is 0 Å². The fraction of sp³-hybridized carbons (Fsp3) is 0.280. The summed E-state index contributed by atoms with van der Waals surface area (Å²) in [5, 5.41) is 20.8. The Hall–Kier alpha value is -2.66. The first-order valence-corrected chi connectivity index (χ1v) is 13.3. The maximum Gasteiger partial charge on any atom is 0.152 e. The number of nitrogens with zero attached hydrogens (tertiary/aromatic N) is 2. The molecule has 1 heterocycles. The van der Waals surface area contributed by atoms with Crippen molar-refractivity contribution in [3.8, 4) is 28.5 Å². The van der Waals surface area contributed by atoms with E-state index in [0.717, 1.165) is 28.8 Å². The highest BCUT2D eigenvalue weighted by molar-refractivity contribution is 7.99. The number of aliphatic hydroxyl groups is 1. The molecule has 0 saturated carbocycles. The molecule has 3 rings (SSSR count). The third kappa shape index (κ3) is 6.42. The molecule has 5 nitrogen and oxygen atoms in total. The van der Waals surface area contributed by atoms with Gasteiger partial charge in [0.05, 0.1) is 28.9 Å². The Morgan fingerprint density at radius 1 is 1.06 bits per heavy atom. The summed E-state index contributed by atoms with van der Waals surface area (Å²) in [5.41, 5.74) is 3.71. The second-order valence-electron chi connectivity index (χ2n) is 7.51. The van der Waals surface area contributed by atoms with Crippen LogP contribution < -0.4 is 0 Å². The standard InChI is InChI=1S/C25H26N2O3S2/c1-2-3-14-32(29,30)18-21(28)17-31-25-23(16-26)22(19-10-6-4-7-11-19)15-24(27-25)20-12-8-5-9-13-20/h4-13,15,21,28H,2-3,14,17-18H2,1H3/t21-/m1/s1. The van der Waals surface area contributed by atoms with E-state index in [-0.39, 0.29) is 17.3 Å². The Kier molecular flexibility index (Phi) is 8.46. The third-order valence-corrected chi connectivity index (χ3v) is 7.84. The van der Waals surface area contributed by atoms with Gasteiger partial charge in [-0.25, -0.2) is 13.4 Å². The molecule has 0 amide bonds. The molecule has 0 aliphatic carbocycles. The lowest BCUT2D eigenvalue weighted by Crippen LogP contribution is -2.25. The van der Waals surface area contributed by atoms with Crippen LogP contribution in [-0.2, 0) is 9.84 Å². The molecule has 1 N–H and O–H groups in total. The van der Waals surface area contributed by atoms with Crippen molar-refractivity contribution in [3.05, 3.63) is 72.3 Å². The number of sulfone groups is 1. The van der Waals surface area contributed by atoms with Gasteiger partial charge in [-0.05, 0) is 18.1 Å². The van der Waals surface area contributed by atoms with E-state index in [9.17, 15) is 18.8 Å². The van der Waals surface area contributed by atoms with Crippen molar-refractivity contribution in [3.63, 3.8) is 0 Å². The van der Waals surface area contributed by atoms with Crippen LogP contribution in [0.1, 0.15) is 25.3 Å². The van der Waals surface area contributed by atoms with Gasteiger partial charge in [-0.2, -0.15) is 5.26 Å². The molecule has 1 atom stereocenters. The summed E-state index contributed by atoms with van der Waals surface area (Å²) in [4.78, 5) is 4.70. The van der Waals surface area contributed by atoms with Crippen molar-refractivity contribution >= 4 is 21.6 Å². The zero-order chi connectivity index (χ0) is 23.0. The Balaban J connectivity index is 1.93. The molecule has 0 aliphatic heterocycles. The molecule has 3 aromatic rings. The number of nitriles is 1. The van der Waals surface area contributed by atoms with Gasteiger partial charge in [0.15, 0.2) is 9.84 Å². The quantitative estimate of drug-likeness (QED) is 0.425. The number of benzene rings is 2. The number of rotatable bonds is 10. The van der Waals surface area contributed by atoms with Crippen molar-refractivity contribution < 1.29 is 13.5 Å². The van der Waals surface area contributed by atoms with Gasteiger partial charge in [0.2, 0.25) is 0 Å². The lowest BCUT2D eigenvalue weighted by molar-refractivity contribution is 0.222. The fourth-order valence-electron chi connectivity index (χ4n) is 3.30. The zero-order valence-electron chi connectivity index (χ0n) is 17.9. The Morgan fingerprint density at radius 2 is 1.69 bits per heavy atom.